The number of alkyl halides is 3. The number of aromatic nitrogens is 1. The molecule has 132 valence electrons. The summed E-state index contributed by atoms with van der Waals surface area (Å²) in [6.45, 7) is 2.63. The van der Waals surface area contributed by atoms with Gasteiger partial charge in [0, 0.05) is 11.6 Å². The second kappa shape index (κ2) is 7.66. The fourth-order valence-corrected chi connectivity index (χ4v) is 3.84. The molecule has 0 aliphatic carbocycles. The Bertz CT molecular complexity index is 711. The zero-order valence-corrected chi connectivity index (χ0v) is 15.7. The van der Waals surface area contributed by atoms with Crippen molar-refractivity contribution < 1.29 is 13.2 Å². The second-order valence-electron chi connectivity index (χ2n) is 4.99. The molecule has 0 unspecified atom stereocenters. The van der Waals surface area contributed by atoms with Crippen molar-refractivity contribution in [3.05, 3.63) is 37.8 Å². The summed E-state index contributed by atoms with van der Waals surface area (Å²) < 4.78 is 39.6. The highest BCUT2D eigenvalue weighted by Gasteiger charge is 2.37. The van der Waals surface area contributed by atoms with E-state index in [0.717, 1.165) is 11.3 Å². The molecular weight excluding hydrogens is 406 g/mol. The van der Waals surface area contributed by atoms with Gasteiger partial charge in [0.2, 0.25) is 0 Å². The number of nitrogens with zero attached hydrogens (tertiary/aromatic N) is 2. The van der Waals surface area contributed by atoms with Gasteiger partial charge in [0.25, 0.3) is 0 Å². The molecular formula is C14H13Cl3F3N3S. The van der Waals surface area contributed by atoms with E-state index in [2.05, 4.69) is 10.3 Å². The first kappa shape index (κ1) is 19.6. The van der Waals surface area contributed by atoms with E-state index in [-0.39, 0.29) is 32.3 Å². The Balaban J connectivity index is 2.38. The predicted molar refractivity (Wildman–Crippen MR) is 93.9 cm³/mol. The molecule has 0 saturated carbocycles. The van der Waals surface area contributed by atoms with Gasteiger partial charge in [-0.05, 0) is 25.7 Å². The number of hydrogen-bond donors (Lipinski definition) is 1. The molecule has 2 rings (SSSR count). The van der Waals surface area contributed by atoms with Crippen LogP contribution >= 0.6 is 46.1 Å². The van der Waals surface area contributed by atoms with Crippen LogP contribution in [0, 0.1) is 0 Å². The summed E-state index contributed by atoms with van der Waals surface area (Å²) in [5.74, 6) is 0. The van der Waals surface area contributed by atoms with Gasteiger partial charge in [0.05, 0.1) is 20.6 Å². The zero-order valence-electron chi connectivity index (χ0n) is 12.6. The Kier molecular flexibility index (Phi) is 6.25. The average molecular weight is 419 g/mol. The molecule has 0 atom stereocenters. The number of benzene rings is 1. The molecule has 0 amide bonds. The van der Waals surface area contributed by atoms with E-state index in [1.54, 1.807) is 11.9 Å². The maximum absolute atomic E-state index is 13.2. The molecule has 0 spiro atoms. The number of rotatable bonds is 5. The predicted octanol–water partition coefficient (Wildman–Crippen LogP) is 6.32. The van der Waals surface area contributed by atoms with Crippen LogP contribution in [-0.4, -0.2) is 23.5 Å². The molecule has 3 nitrogen and oxygen atoms in total. The maximum atomic E-state index is 13.2. The Morgan fingerprint density at radius 2 is 1.79 bits per heavy atom. The van der Waals surface area contributed by atoms with Crippen molar-refractivity contribution in [2.45, 2.75) is 19.6 Å². The van der Waals surface area contributed by atoms with E-state index in [4.69, 9.17) is 34.8 Å². The van der Waals surface area contributed by atoms with Crippen molar-refractivity contribution in [3.63, 3.8) is 0 Å². The van der Waals surface area contributed by atoms with Crippen molar-refractivity contribution in [3.8, 4) is 0 Å². The Morgan fingerprint density at radius 3 is 2.29 bits per heavy atom. The van der Waals surface area contributed by atoms with Gasteiger partial charge in [0.1, 0.15) is 0 Å². The van der Waals surface area contributed by atoms with Crippen LogP contribution in [0.25, 0.3) is 0 Å². The fraction of sp³-hybridized carbons (Fsp3) is 0.357. The molecule has 24 heavy (non-hydrogen) atoms. The molecule has 0 saturated heterocycles. The topological polar surface area (TPSA) is 28.2 Å². The van der Waals surface area contributed by atoms with Crippen LogP contribution < -0.4 is 5.32 Å². The Hall–Kier alpha value is -0.730. The fourth-order valence-electron chi connectivity index (χ4n) is 1.86. The molecule has 1 N–H and O–H groups in total. The lowest BCUT2D eigenvalue weighted by Crippen LogP contribution is -2.19. The van der Waals surface area contributed by atoms with Crippen molar-refractivity contribution in [1.82, 2.24) is 9.88 Å². The number of hydrogen-bond acceptors (Lipinski definition) is 4. The zero-order chi connectivity index (χ0) is 18.1. The smallest absolute Gasteiger partial charge is 0.329 e. The van der Waals surface area contributed by atoms with Crippen LogP contribution in [0.4, 0.5) is 24.0 Å². The summed E-state index contributed by atoms with van der Waals surface area (Å²) in [4.78, 5) is 5.55. The first-order chi connectivity index (χ1) is 11.1. The minimum Gasteiger partial charge on any atom is -0.329 e. The minimum atomic E-state index is -4.53. The van der Waals surface area contributed by atoms with E-state index in [1.807, 2.05) is 6.92 Å². The molecule has 0 aliphatic rings. The first-order valence-corrected chi connectivity index (χ1v) is 8.73. The largest absolute Gasteiger partial charge is 0.434 e. The first-order valence-electron chi connectivity index (χ1n) is 6.78. The standard InChI is InChI=1S/C14H13Cl3F3N3S/c1-3-23(2)6-10-12(14(18,19)20)22-13(24-10)21-11-8(16)4-7(15)5-9(11)17/h4-5H,3,6H2,1-2H3,(H,21,22). The highest BCUT2D eigenvalue weighted by molar-refractivity contribution is 7.15. The highest BCUT2D eigenvalue weighted by atomic mass is 35.5. The summed E-state index contributed by atoms with van der Waals surface area (Å²) in [5, 5.41) is 3.55. The second-order valence-corrected chi connectivity index (χ2v) is 7.32. The van der Waals surface area contributed by atoms with E-state index in [0.29, 0.717) is 11.6 Å². The number of anilines is 2. The van der Waals surface area contributed by atoms with E-state index in [1.165, 1.54) is 12.1 Å². The maximum Gasteiger partial charge on any atom is 0.434 e. The Morgan fingerprint density at radius 1 is 1.21 bits per heavy atom. The van der Waals surface area contributed by atoms with Crippen LogP contribution in [0.2, 0.25) is 15.1 Å². The van der Waals surface area contributed by atoms with Gasteiger partial charge < -0.3 is 10.2 Å². The van der Waals surface area contributed by atoms with E-state index < -0.39 is 11.9 Å². The third-order valence-corrected chi connectivity index (χ3v) is 4.93. The summed E-state index contributed by atoms with van der Waals surface area (Å²) in [6.07, 6.45) is -4.53. The minimum absolute atomic E-state index is 0.0629. The molecule has 1 heterocycles. The SMILES string of the molecule is CCN(C)Cc1sc(Nc2c(Cl)cc(Cl)cc2Cl)nc1C(F)(F)F. The molecule has 10 heteroatoms. The normalized spacial score (nSPS) is 12.0. The van der Waals surface area contributed by atoms with E-state index in [9.17, 15) is 13.2 Å². The van der Waals surface area contributed by atoms with Crippen LogP contribution in [0.5, 0.6) is 0 Å². The lowest BCUT2D eigenvalue weighted by Gasteiger charge is -2.13. The van der Waals surface area contributed by atoms with Gasteiger partial charge in [-0.3, -0.25) is 0 Å². The molecule has 0 radical (unpaired) electrons. The van der Waals surface area contributed by atoms with Crippen LogP contribution in [-0.2, 0) is 12.7 Å². The van der Waals surface area contributed by atoms with Gasteiger partial charge in [-0.15, -0.1) is 0 Å². The van der Waals surface area contributed by atoms with Crippen LogP contribution in [0.15, 0.2) is 12.1 Å². The van der Waals surface area contributed by atoms with Gasteiger partial charge in [-0.1, -0.05) is 53.1 Å². The lowest BCUT2D eigenvalue weighted by molar-refractivity contribution is -0.141. The quantitative estimate of drug-likeness (QED) is 0.616. The molecule has 1 aromatic carbocycles. The van der Waals surface area contributed by atoms with Crippen LogP contribution in [0.3, 0.4) is 0 Å². The number of nitrogens with one attached hydrogen (secondary N) is 1. The molecule has 1 aromatic heterocycles. The molecule has 0 aliphatic heterocycles. The summed E-state index contributed by atoms with van der Waals surface area (Å²) in [7, 11) is 1.74. The van der Waals surface area contributed by atoms with Crippen molar-refractivity contribution in [2.75, 3.05) is 18.9 Å². The van der Waals surface area contributed by atoms with Crippen molar-refractivity contribution in [1.29, 1.82) is 0 Å². The van der Waals surface area contributed by atoms with E-state index >= 15 is 0 Å². The number of halogens is 6. The van der Waals surface area contributed by atoms with Crippen molar-refractivity contribution >= 4 is 57.0 Å². The van der Waals surface area contributed by atoms with Gasteiger partial charge in [-0.25, -0.2) is 4.98 Å². The van der Waals surface area contributed by atoms with Crippen molar-refractivity contribution in [2.24, 2.45) is 0 Å². The van der Waals surface area contributed by atoms with Crippen LogP contribution in [0.1, 0.15) is 17.5 Å². The third kappa shape index (κ3) is 4.67. The molecule has 0 fully saturated rings. The number of thiazole rings is 1. The monoisotopic (exact) mass is 417 g/mol. The Labute approximate surface area is 156 Å². The third-order valence-electron chi connectivity index (χ3n) is 3.16. The van der Waals surface area contributed by atoms with Gasteiger partial charge in [0.15, 0.2) is 10.8 Å². The molecule has 2 aromatic rings. The van der Waals surface area contributed by atoms with Gasteiger partial charge in [-0.2, -0.15) is 13.2 Å². The lowest BCUT2D eigenvalue weighted by atomic mass is 10.3. The van der Waals surface area contributed by atoms with Gasteiger partial charge >= 0.3 is 6.18 Å². The summed E-state index contributed by atoms with van der Waals surface area (Å²) >= 11 is 18.8. The highest BCUT2D eigenvalue weighted by Crippen LogP contribution is 2.40. The molecule has 0 bridgehead atoms. The summed E-state index contributed by atoms with van der Waals surface area (Å²) in [5.41, 5.74) is -0.642. The average Bonchev–Trinajstić information content (AvgIpc) is 2.85. The summed E-state index contributed by atoms with van der Waals surface area (Å²) in [6, 6.07) is 2.89.